The van der Waals surface area contributed by atoms with Crippen molar-refractivity contribution in [2.45, 2.75) is 4.90 Å². The zero-order chi connectivity index (χ0) is 23.0. The molecule has 0 bridgehead atoms. The number of carbonyl (C=O) groups is 1. The summed E-state index contributed by atoms with van der Waals surface area (Å²) in [6.45, 7) is 1.18. The average molecular weight is 462 g/mol. The van der Waals surface area contributed by atoms with Gasteiger partial charge >= 0.3 is 0 Å². The Morgan fingerprint density at radius 3 is 2.27 bits per heavy atom. The first-order valence-corrected chi connectivity index (χ1v) is 12.0. The highest BCUT2D eigenvalue weighted by Gasteiger charge is 2.30. The van der Waals surface area contributed by atoms with E-state index in [0.717, 1.165) is 16.5 Å². The van der Waals surface area contributed by atoms with Crippen LogP contribution in [0.4, 0.5) is 5.69 Å². The first kappa shape index (κ1) is 21.2. The SMILES string of the molecule is Nc1ccc2cc(S(=O)(=O)N3CCN(C(=O)c4ccc(-n5ccnc5)cc4)CC3)ccc2c1. The molecule has 0 spiro atoms. The van der Waals surface area contributed by atoms with Crippen molar-refractivity contribution in [3.63, 3.8) is 0 Å². The smallest absolute Gasteiger partial charge is 0.253 e. The fraction of sp³-hybridized carbons (Fsp3) is 0.167. The molecule has 1 aliphatic heterocycles. The molecule has 1 amide bonds. The van der Waals surface area contributed by atoms with Crippen LogP contribution in [0.25, 0.3) is 16.5 Å². The second-order valence-corrected chi connectivity index (χ2v) is 9.92. The van der Waals surface area contributed by atoms with Gasteiger partial charge in [0.05, 0.1) is 11.2 Å². The van der Waals surface area contributed by atoms with E-state index in [0.29, 0.717) is 24.3 Å². The van der Waals surface area contributed by atoms with E-state index in [9.17, 15) is 13.2 Å². The fourth-order valence-electron chi connectivity index (χ4n) is 4.05. The molecule has 168 valence electrons. The standard InChI is InChI=1S/C24H23N5O3S/c25-21-5-1-20-16-23(8-4-19(20)15-21)33(31,32)29-13-11-27(12-14-29)24(30)18-2-6-22(7-3-18)28-10-9-26-17-28/h1-10,15-17H,11-14,25H2. The molecule has 3 aromatic carbocycles. The number of aromatic nitrogens is 2. The second-order valence-electron chi connectivity index (χ2n) is 7.98. The third-order valence-corrected chi connectivity index (χ3v) is 7.81. The normalized spacial score (nSPS) is 15.1. The van der Waals surface area contributed by atoms with E-state index in [1.807, 2.05) is 35.0 Å². The lowest BCUT2D eigenvalue weighted by Crippen LogP contribution is -2.50. The molecule has 0 radical (unpaired) electrons. The maximum atomic E-state index is 13.2. The Bertz CT molecular complexity index is 1410. The lowest BCUT2D eigenvalue weighted by atomic mass is 10.1. The number of fused-ring (bicyclic) bond motifs is 1. The Morgan fingerprint density at radius 1 is 0.879 bits per heavy atom. The van der Waals surface area contributed by atoms with Gasteiger partial charge in [-0.3, -0.25) is 4.79 Å². The summed E-state index contributed by atoms with van der Waals surface area (Å²) in [7, 11) is -3.65. The molecule has 1 fully saturated rings. The number of nitrogen functional groups attached to an aromatic ring is 1. The van der Waals surface area contributed by atoms with Gasteiger partial charge in [0.2, 0.25) is 10.0 Å². The molecule has 2 heterocycles. The third-order valence-electron chi connectivity index (χ3n) is 5.92. The molecule has 0 aliphatic carbocycles. The summed E-state index contributed by atoms with van der Waals surface area (Å²) in [5, 5.41) is 1.71. The first-order chi connectivity index (χ1) is 15.9. The van der Waals surface area contributed by atoms with Gasteiger partial charge in [0, 0.05) is 55.5 Å². The Labute approximate surface area is 191 Å². The molecule has 4 aromatic rings. The molecule has 33 heavy (non-hydrogen) atoms. The quantitative estimate of drug-likeness (QED) is 0.471. The van der Waals surface area contributed by atoms with Crippen molar-refractivity contribution in [2.24, 2.45) is 0 Å². The maximum absolute atomic E-state index is 13.2. The zero-order valence-corrected chi connectivity index (χ0v) is 18.6. The Hall–Kier alpha value is -3.69. The number of nitrogens with two attached hydrogens (primary N) is 1. The number of imidazole rings is 1. The van der Waals surface area contributed by atoms with Crippen LogP contribution in [0.5, 0.6) is 0 Å². The van der Waals surface area contributed by atoms with E-state index in [-0.39, 0.29) is 23.9 Å². The van der Waals surface area contributed by atoms with Crippen LogP contribution in [0.1, 0.15) is 10.4 Å². The Morgan fingerprint density at radius 2 is 1.58 bits per heavy atom. The van der Waals surface area contributed by atoms with Crippen LogP contribution in [0.3, 0.4) is 0 Å². The molecule has 1 saturated heterocycles. The van der Waals surface area contributed by atoms with Crippen molar-refractivity contribution >= 4 is 32.4 Å². The molecule has 0 atom stereocenters. The van der Waals surface area contributed by atoms with Crippen LogP contribution in [0.2, 0.25) is 0 Å². The van der Waals surface area contributed by atoms with E-state index < -0.39 is 10.0 Å². The molecule has 0 saturated carbocycles. The predicted octanol–water partition coefficient (Wildman–Crippen LogP) is 2.75. The van der Waals surface area contributed by atoms with Gasteiger partial charge in [-0.25, -0.2) is 13.4 Å². The number of nitrogens with zero attached hydrogens (tertiary/aromatic N) is 4. The number of carbonyl (C=O) groups excluding carboxylic acids is 1. The summed E-state index contributed by atoms with van der Waals surface area (Å²) in [6, 6.07) is 17.7. The van der Waals surface area contributed by atoms with Crippen molar-refractivity contribution in [3.05, 3.63) is 84.9 Å². The second kappa shape index (κ2) is 8.34. The minimum absolute atomic E-state index is 0.104. The molecule has 1 aromatic heterocycles. The summed E-state index contributed by atoms with van der Waals surface area (Å²) in [5.41, 5.74) is 7.93. The van der Waals surface area contributed by atoms with Gasteiger partial charge in [-0.2, -0.15) is 4.31 Å². The van der Waals surface area contributed by atoms with Crippen LogP contribution < -0.4 is 5.73 Å². The minimum atomic E-state index is -3.65. The summed E-state index contributed by atoms with van der Waals surface area (Å²) < 4.78 is 29.7. The van der Waals surface area contributed by atoms with E-state index in [4.69, 9.17) is 5.73 Å². The van der Waals surface area contributed by atoms with E-state index >= 15 is 0 Å². The third kappa shape index (κ3) is 4.08. The van der Waals surface area contributed by atoms with Crippen molar-refractivity contribution < 1.29 is 13.2 Å². The molecular weight excluding hydrogens is 438 g/mol. The molecule has 0 unspecified atom stereocenters. The Balaban J connectivity index is 1.27. The van der Waals surface area contributed by atoms with Crippen LogP contribution in [-0.2, 0) is 10.0 Å². The molecule has 8 nitrogen and oxygen atoms in total. The summed E-state index contributed by atoms with van der Waals surface area (Å²) in [5.74, 6) is -0.104. The van der Waals surface area contributed by atoms with Gasteiger partial charge in [-0.1, -0.05) is 12.1 Å². The number of piperazine rings is 1. The monoisotopic (exact) mass is 461 g/mol. The number of benzene rings is 3. The van der Waals surface area contributed by atoms with Crippen LogP contribution in [0, 0.1) is 0 Å². The summed E-state index contributed by atoms with van der Waals surface area (Å²) in [6.07, 6.45) is 5.23. The highest BCUT2D eigenvalue weighted by atomic mass is 32.2. The minimum Gasteiger partial charge on any atom is -0.399 e. The zero-order valence-electron chi connectivity index (χ0n) is 17.8. The van der Waals surface area contributed by atoms with E-state index in [1.165, 1.54) is 4.31 Å². The van der Waals surface area contributed by atoms with Gasteiger partial charge in [-0.15, -0.1) is 0 Å². The number of rotatable bonds is 4. The fourth-order valence-corrected chi connectivity index (χ4v) is 5.51. The largest absolute Gasteiger partial charge is 0.399 e. The van der Waals surface area contributed by atoms with E-state index in [2.05, 4.69) is 4.98 Å². The van der Waals surface area contributed by atoms with Gasteiger partial charge in [0.1, 0.15) is 0 Å². The number of hydrogen-bond donors (Lipinski definition) is 1. The predicted molar refractivity (Wildman–Crippen MR) is 127 cm³/mol. The highest BCUT2D eigenvalue weighted by molar-refractivity contribution is 7.89. The van der Waals surface area contributed by atoms with Gasteiger partial charge < -0.3 is 15.2 Å². The Kier molecular flexibility index (Phi) is 5.35. The summed E-state index contributed by atoms with van der Waals surface area (Å²) in [4.78, 5) is 18.9. The van der Waals surface area contributed by atoms with Crippen molar-refractivity contribution in [1.29, 1.82) is 0 Å². The van der Waals surface area contributed by atoms with Crippen molar-refractivity contribution in [2.75, 3.05) is 31.9 Å². The summed E-state index contributed by atoms with van der Waals surface area (Å²) >= 11 is 0. The van der Waals surface area contributed by atoms with Gasteiger partial charge in [0.25, 0.3) is 5.91 Å². The number of sulfonamides is 1. The van der Waals surface area contributed by atoms with Crippen LogP contribution in [0.15, 0.2) is 84.3 Å². The highest BCUT2D eigenvalue weighted by Crippen LogP contribution is 2.24. The molecule has 2 N–H and O–H groups in total. The van der Waals surface area contributed by atoms with Gasteiger partial charge in [-0.05, 0) is 59.3 Å². The van der Waals surface area contributed by atoms with Crippen molar-refractivity contribution in [1.82, 2.24) is 18.8 Å². The molecule has 9 heteroatoms. The molecular formula is C24H23N5O3S. The average Bonchev–Trinajstić information content (AvgIpc) is 3.38. The van der Waals surface area contributed by atoms with Crippen molar-refractivity contribution in [3.8, 4) is 5.69 Å². The maximum Gasteiger partial charge on any atom is 0.253 e. The topological polar surface area (TPSA) is 102 Å². The lowest BCUT2D eigenvalue weighted by Gasteiger charge is -2.34. The lowest BCUT2D eigenvalue weighted by molar-refractivity contribution is 0.0698. The molecule has 1 aliphatic rings. The van der Waals surface area contributed by atoms with Gasteiger partial charge in [0.15, 0.2) is 0 Å². The van der Waals surface area contributed by atoms with Crippen LogP contribution >= 0.6 is 0 Å². The number of hydrogen-bond acceptors (Lipinski definition) is 5. The number of anilines is 1. The first-order valence-electron chi connectivity index (χ1n) is 10.6. The van der Waals surface area contributed by atoms with E-state index in [1.54, 1.807) is 53.8 Å². The van der Waals surface area contributed by atoms with Crippen LogP contribution in [-0.4, -0.2) is 59.3 Å². The number of amides is 1. The molecule has 5 rings (SSSR count).